The molecular formula is C46H86O8. The summed E-state index contributed by atoms with van der Waals surface area (Å²) >= 11 is 0. The van der Waals surface area contributed by atoms with Crippen LogP contribution < -0.4 is 0 Å². The number of carbonyl (C=O) groups excluding carboxylic acids is 3. The van der Waals surface area contributed by atoms with Gasteiger partial charge in [-0.25, -0.2) is 0 Å². The minimum Gasteiger partial charge on any atom is -0.481 e. The van der Waals surface area contributed by atoms with Gasteiger partial charge in [0.25, 0.3) is 0 Å². The number of hydrogen-bond donors (Lipinski definition) is 1. The van der Waals surface area contributed by atoms with Crippen molar-refractivity contribution in [2.75, 3.05) is 13.2 Å². The van der Waals surface area contributed by atoms with E-state index in [9.17, 15) is 19.2 Å². The van der Waals surface area contributed by atoms with E-state index < -0.39 is 12.1 Å². The predicted octanol–water partition coefficient (Wildman–Crippen LogP) is 13.4. The Labute approximate surface area is 332 Å². The van der Waals surface area contributed by atoms with Crippen LogP contribution in [0.15, 0.2) is 0 Å². The molecule has 0 aliphatic rings. The Hall–Kier alpha value is -2.12. The highest BCUT2D eigenvalue weighted by atomic mass is 16.6. The maximum absolute atomic E-state index is 12.9. The second-order valence-electron chi connectivity index (χ2n) is 16.0. The lowest BCUT2D eigenvalue weighted by atomic mass is 10.0. The van der Waals surface area contributed by atoms with E-state index in [2.05, 4.69) is 13.8 Å². The number of carboxylic acid groups (broad SMARTS) is 1. The van der Waals surface area contributed by atoms with Crippen molar-refractivity contribution in [1.82, 2.24) is 0 Å². The molecule has 0 heterocycles. The number of ether oxygens (including phenoxy) is 3. The molecule has 0 saturated heterocycles. The standard InChI is InChI=1S/C46H86O8/c1-4-6-8-10-12-14-16-18-20-22-24-29-33-37-44(49)52-39-42(54-46(51)41(3)35-31-27-26-28-32-36-43(47)48)40-53-45(50)38-34-30-25-23-21-19-17-15-13-11-9-7-5-2/h41-42H,4-40H2,1-3H3,(H,47,48). The van der Waals surface area contributed by atoms with Crippen LogP contribution in [0.1, 0.15) is 245 Å². The van der Waals surface area contributed by atoms with Crippen LogP contribution in [0.25, 0.3) is 0 Å². The van der Waals surface area contributed by atoms with Gasteiger partial charge in [-0.2, -0.15) is 0 Å². The topological polar surface area (TPSA) is 116 Å². The Bertz CT molecular complexity index is 829. The fraction of sp³-hybridized carbons (Fsp3) is 0.913. The van der Waals surface area contributed by atoms with Gasteiger partial charge < -0.3 is 19.3 Å². The third kappa shape index (κ3) is 38.2. The monoisotopic (exact) mass is 767 g/mol. The molecule has 0 aliphatic carbocycles. The second kappa shape index (κ2) is 40.5. The zero-order valence-corrected chi connectivity index (χ0v) is 35.6. The molecule has 1 atom stereocenters. The quantitative estimate of drug-likeness (QED) is 0.0371. The molecule has 0 saturated carbocycles. The number of rotatable bonds is 42. The second-order valence-corrected chi connectivity index (χ2v) is 16.0. The van der Waals surface area contributed by atoms with Crippen molar-refractivity contribution in [2.24, 2.45) is 5.92 Å². The van der Waals surface area contributed by atoms with E-state index in [-0.39, 0.29) is 43.5 Å². The fourth-order valence-electron chi connectivity index (χ4n) is 6.86. The molecule has 8 nitrogen and oxygen atoms in total. The summed E-state index contributed by atoms with van der Waals surface area (Å²) in [5.41, 5.74) is 0. The average molecular weight is 767 g/mol. The summed E-state index contributed by atoms with van der Waals surface area (Å²) in [6, 6.07) is 0. The molecule has 1 unspecified atom stereocenters. The van der Waals surface area contributed by atoms with Gasteiger partial charge in [-0.3, -0.25) is 19.2 Å². The van der Waals surface area contributed by atoms with E-state index in [4.69, 9.17) is 19.3 Å². The summed E-state index contributed by atoms with van der Waals surface area (Å²) < 4.78 is 16.7. The summed E-state index contributed by atoms with van der Waals surface area (Å²) in [5, 5.41) is 8.78. The number of carboxylic acids is 1. The molecule has 0 aromatic rings. The van der Waals surface area contributed by atoms with Gasteiger partial charge >= 0.3 is 23.9 Å². The zero-order valence-electron chi connectivity index (χ0n) is 35.6. The van der Waals surface area contributed by atoms with E-state index in [1.54, 1.807) is 0 Å². The Morgan fingerprint density at radius 1 is 0.426 bits per heavy atom. The summed E-state index contributed by atoms with van der Waals surface area (Å²) in [4.78, 5) is 48.7. The third-order valence-electron chi connectivity index (χ3n) is 10.5. The highest BCUT2D eigenvalue weighted by Crippen LogP contribution is 2.17. The molecule has 8 heteroatoms. The smallest absolute Gasteiger partial charge is 0.309 e. The molecule has 318 valence electrons. The molecule has 0 spiro atoms. The van der Waals surface area contributed by atoms with Crippen LogP contribution in [-0.2, 0) is 33.4 Å². The molecular weight excluding hydrogens is 680 g/mol. The lowest BCUT2D eigenvalue weighted by Gasteiger charge is -2.20. The van der Waals surface area contributed by atoms with Gasteiger partial charge in [-0.05, 0) is 25.7 Å². The molecule has 0 fully saturated rings. The first kappa shape index (κ1) is 51.9. The molecule has 0 aliphatic heterocycles. The average Bonchev–Trinajstić information content (AvgIpc) is 3.15. The number of unbranched alkanes of at least 4 members (excludes halogenated alkanes) is 28. The van der Waals surface area contributed by atoms with Crippen molar-refractivity contribution in [2.45, 2.75) is 252 Å². The lowest BCUT2D eigenvalue weighted by Crippen LogP contribution is -2.32. The zero-order chi connectivity index (χ0) is 39.7. The highest BCUT2D eigenvalue weighted by Gasteiger charge is 2.23. The van der Waals surface area contributed by atoms with Crippen molar-refractivity contribution >= 4 is 23.9 Å². The van der Waals surface area contributed by atoms with E-state index in [0.717, 1.165) is 64.2 Å². The van der Waals surface area contributed by atoms with Crippen LogP contribution in [0, 0.1) is 5.92 Å². The largest absolute Gasteiger partial charge is 0.481 e. The Kier molecular flexibility index (Phi) is 38.9. The van der Waals surface area contributed by atoms with Gasteiger partial charge in [0.05, 0.1) is 5.92 Å². The SMILES string of the molecule is CCCCCCCCCCCCCCCC(=O)OCC(COC(=O)CCCCCCCCCCCCCCC)OC(=O)C(C)CCCCCCCC(=O)O. The summed E-state index contributed by atoms with van der Waals surface area (Å²) in [7, 11) is 0. The number of hydrogen-bond acceptors (Lipinski definition) is 7. The molecule has 0 aromatic carbocycles. The first-order chi connectivity index (χ1) is 26.3. The molecule has 54 heavy (non-hydrogen) atoms. The molecule has 0 aromatic heterocycles. The van der Waals surface area contributed by atoms with Crippen LogP contribution in [0.4, 0.5) is 0 Å². The number of aliphatic carboxylic acids is 1. The van der Waals surface area contributed by atoms with Gasteiger partial charge in [0.15, 0.2) is 6.10 Å². The van der Waals surface area contributed by atoms with Crippen molar-refractivity contribution in [3.63, 3.8) is 0 Å². The minimum atomic E-state index is -0.831. The van der Waals surface area contributed by atoms with Crippen molar-refractivity contribution in [1.29, 1.82) is 0 Å². The number of carbonyl (C=O) groups is 4. The van der Waals surface area contributed by atoms with Gasteiger partial charge in [-0.1, -0.05) is 201 Å². The van der Waals surface area contributed by atoms with Crippen LogP contribution in [-0.4, -0.2) is 48.3 Å². The molecule has 0 rings (SSSR count). The molecule has 1 N–H and O–H groups in total. The molecule has 0 radical (unpaired) electrons. The Morgan fingerprint density at radius 3 is 1.06 bits per heavy atom. The first-order valence-corrected chi connectivity index (χ1v) is 23.0. The summed E-state index contributed by atoms with van der Waals surface area (Å²) in [5.74, 6) is -2.11. The highest BCUT2D eigenvalue weighted by molar-refractivity contribution is 5.72. The molecule has 0 bridgehead atoms. The first-order valence-electron chi connectivity index (χ1n) is 23.0. The normalized spacial score (nSPS) is 11.9. The van der Waals surface area contributed by atoms with Crippen LogP contribution in [0.2, 0.25) is 0 Å². The maximum atomic E-state index is 12.9. The van der Waals surface area contributed by atoms with Gasteiger partial charge in [0.2, 0.25) is 0 Å². The van der Waals surface area contributed by atoms with Crippen molar-refractivity contribution in [3.8, 4) is 0 Å². The Balaban J connectivity index is 4.41. The van der Waals surface area contributed by atoms with Crippen molar-refractivity contribution in [3.05, 3.63) is 0 Å². The van der Waals surface area contributed by atoms with E-state index >= 15 is 0 Å². The number of esters is 3. The van der Waals surface area contributed by atoms with Gasteiger partial charge in [-0.15, -0.1) is 0 Å². The van der Waals surface area contributed by atoms with Crippen LogP contribution in [0.3, 0.4) is 0 Å². The minimum absolute atomic E-state index is 0.120. The summed E-state index contributed by atoms with van der Waals surface area (Å²) in [6.45, 7) is 6.09. The van der Waals surface area contributed by atoms with Gasteiger partial charge in [0, 0.05) is 19.3 Å². The van der Waals surface area contributed by atoms with Crippen LogP contribution in [0.5, 0.6) is 0 Å². The predicted molar refractivity (Wildman–Crippen MR) is 222 cm³/mol. The third-order valence-corrected chi connectivity index (χ3v) is 10.5. The van der Waals surface area contributed by atoms with E-state index in [0.29, 0.717) is 25.7 Å². The molecule has 0 amide bonds. The van der Waals surface area contributed by atoms with Crippen LogP contribution >= 0.6 is 0 Å². The van der Waals surface area contributed by atoms with Gasteiger partial charge in [0.1, 0.15) is 13.2 Å². The van der Waals surface area contributed by atoms with E-state index in [1.165, 1.54) is 128 Å². The fourth-order valence-corrected chi connectivity index (χ4v) is 6.86. The summed E-state index contributed by atoms with van der Waals surface area (Å²) in [6.07, 6.45) is 37.1. The lowest BCUT2D eigenvalue weighted by molar-refractivity contribution is -0.169. The van der Waals surface area contributed by atoms with E-state index in [1.807, 2.05) is 6.92 Å². The Morgan fingerprint density at radius 2 is 0.722 bits per heavy atom. The van der Waals surface area contributed by atoms with Crippen molar-refractivity contribution < 1.29 is 38.5 Å². The maximum Gasteiger partial charge on any atom is 0.309 e.